The summed E-state index contributed by atoms with van der Waals surface area (Å²) in [6, 6.07) is 0.859. The molecule has 1 saturated heterocycles. The predicted octanol–water partition coefficient (Wildman–Crippen LogP) is 3.85. The van der Waals surface area contributed by atoms with Crippen LogP contribution < -0.4 is 5.32 Å². The van der Waals surface area contributed by atoms with Gasteiger partial charge in [0.2, 0.25) is 0 Å². The molecule has 4 heteroatoms. The normalized spacial score (nSPS) is 23.3. The minimum Gasteiger partial charge on any atom is -0.369 e. The summed E-state index contributed by atoms with van der Waals surface area (Å²) >= 11 is 0. The number of hydrogen-bond acceptors (Lipinski definition) is 3. The second kappa shape index (κ2) is 8.49. The fourth-order valence-corrected chi connectivity index (χ4v) is 3.12. The van der Waals surface area contributed by atoms with Crippen LogP contribution in [0.1, 0.15) is 65.3 Å². The third kappa shape index (κ3) is 4.68. The Morgan fingerprint density at radius 2 is 2.36 bits per heavy atom. The van der Waals surface area contributed by atoms with Gasteiger partial charge in [0.15, 0.2) is 0 Å². The Morgan fingerprint density at radius 3 is 3.09 bits per heavy atom. The number of allylic oxidation sites excluding steroid dienone is 2. The topological polar surface area (TPSA) is 39.1 Å². The molecule has 4 nitrogen and oxygen atoms in total. The summed E-state index contributed by atoms with van der Waals surface area (Å²) in [6.45, 7) is 10.5. The van der Waals surface area contributed by atoms with Crippen LogP contribution in [0.3, 0.4) is 0 Å². The summed E-state index contributed by atoms with van der Waals surface area (Å²) in [5, 5.41) is 3.77. The molecule has 1 aliphatic heterocycles. The molecule has 0 spiro atoms. The average molecular weight is 305 g/mol. The number of nitrogens with zero attached hydrogens (tertiary/aromatic N) is 2. The Morgan fingerprint density at radius 1 is 1.55 bits per heavy atom. The highest BCUT2D eigenvalue weighted by atomic mass is 16.5. The first-order valence-electron chi connectivity index (χ1n) is 8.63. The van der Waals surface area contributed by atoms with Gasteiger partial charge in [0.1, 0.15) is 11.9 Å². The zero-order valence-corrected chi connectivity index (χ0v) is 14.5. The van der Waals surface area contributed by atoms with Crippen LogP contribution in [-0.4, -0.2) is 28.2 Å². The molecule has 22 heavy (non-hydrogen) atoms. The summed E-state index contributed by atoms with van der Waals surface area (Å²) in [5.74, 6) is 1.07. The van der Waals surface area contributed by atoms with Crippen molar-refractivity contribution in [3.8, 4) is 0 Å². The molecule has 3 atom stereocenters. The second-order valence-electron chi connectivity index (χ2n) is 6.54. The molecule has 0 aromatic carbocycles. The van der Waals surface area contributed by atoms with Crippen molar-refractivity contribution in [2.75, 3.05) is 6.61 Å². The first-order valence-corrected chi connectivity index (χ1v) is 8.63. The Balaban J connectivity index is 1.96. The molecule has 1 aliphatic rings. The summed E-state index contributed by atoms with van der Waals surface area (Å²) in [5.41, 5.74) is 1.40. The molecule has 0 saturated carbocycles. The Hall–Kier alpha value is -1.13. The van der Waals surface area contributed by atoms with Crippen molar-refractivity contribution in [2.24, 2.45) is 0 Å². The number of ether oxygens (including phenoxy) is 1. The molecule has 1 N–H and O–H groups in total. The molecule has 0 radical (unpaired) electrons. The van der Waals surface area contributed by atoms with Crippen molar-refractivity contribution in [1.82, 2.24) is 14.9 Å². The van der Waals surface area contributed by atoms with E-state index >= 15 is 0 Å². The van der Waals surface area contributed by atoms with Crippen LogP contribution in [0.2, 0.25) is 0 Å². The van der Waals surface area contributed by atoms with Crippen LogP contribution in [0.25, 0.3) is 0 Å². The van der Waals surface area contributed by atoms with Gasteiger partial charge in [0.05, 0.1) is 0 Å². The van der Waals surface area contributed by atoms with Crippen LogP contribution in [0, 0.1) is 0 Å². The van der Waals surface area contributed by atoms with E-state index in [9.17, 15) is 0 Å². The van der Waals surface area contributed by atoms with E-state index in [1.807, 2.05) is 12.4 Å². The lowest BCUT2D eigenvalue weighted by Gasteiger charge is -2.34. The first-order chi connectivity index (χ1) is 10.6. The standard InChI is InChI=1S/C18H31N3O/c1-5-21-12-11-19-18(21)17-16(10-7-13-22-17)20-15(4)9-6-8-14(2)3/h8,11-12,15-17,20H,5-7,9-10,13H2,1-4H3/t15-,16+,17+/m1/s1. The minimum atomic E-state index is 0.0783. The van der Waals surface area contributed by atoms with Crippen molar-refractivity contribution in [3.05, 3.63) is 29.9 Å². The number of aryl methyl sites for hydroxylation is 1. The maximum absolute atomic E-state index is 6.06. The van der Waals surface area contributed by atoms with Gasteiger partial charge in [-0.1, -0.05) is 11.6 Å². The lowest BCUT2D eigenvalue weighted by Crippen LogP contribution is -2.44. The summed E-state index contributed by atoms with van der Waals surface area (Å²) in [6.07, 6.45) is 10.9. The third-order valence-electron chi connectivity index (χ3n) is 4.32. The van der Waals surface area contributed by atoms with Crippen molar-refractivity contribution in [1.29, 1.82) is 0 Å². The Bertz CT molecular complexity index is 476. The van der Waals surface area contributed by atoms with E-state index < -0.39 is 0 Å². The van der Waals surface area contributed by atoms with Gasteiger partial charge < -0.3 is 14.6 Å². The molecule has 1 fully saturated rings. The molecule has 0 bridgehead atoms. The van der Waals surface area contributed by atoms with Crippen LogP contribution in [-0.2, 0) is 11.3 Å². The molecule has 2 rings (SSSR count). The van der Waals surface area contributed by atoms with Crippen LogP contribution >= 0.6 is 0 Å². The molecule has 1 aromatic rings. The van der Waals surface area contributed by atoms with Crippen LogP contribution in [0.4, 0.5) is 0 Å². The van der Waals surface area contributed by atoms with Gasteiger partial charge in [-0.25, -0.2) is 4.98 Å². The van der Waals surface area contributed by atoms with E-state index in [0.717, 1.165) is 44.7 Å². The highest BCUT2D eigenvalue weighted by Gasteiger charge is 2.31. The highest BCUT2D eigenvalue weighted by molar-refractivity contribution is 5.03. The molecule has 0 aliphatic carbocycles. The molecular weight excluding hydrogens is 274 g/mol. The van der Waals surface area contributed by atoms with Crippen LogP contribution in [0.15, 0.2) is 24.0 Å². The molecule has 0 amide bonds. The summed E-state index contributed by atoms with van der Waals surface area (Å²) in [7, 11) is 0. The lowest BCUT2D eigenvalue weighted by atomic mass is 9.99. The Kier molecular flexibility index (Phi) is 6.65. The van der Waals surface area contributed by atoms with Crippen molar-refractivity contribution in [3.63, 3.8) is 0 Å². The Labute approximate surface area is 135 Å². The summed E-state index contributed by atoms with van der Waals surface area (Å²) < 4.78 is 8.26. The van der Waals surface area contributed by atoms with E-state index in [1.54, 1.807) is 0 Å². The van der Waals surface area contributed by atoms with E-state index in [0.29, 0.717) is 12.1 Å². The van der Waals surface area contributed by atoms with Crippen molar-refractivity contribution >= 4 is 0 Å². The highest BCUT2D eigenvalue weighted by Crippen LogP contribution is 2.28. The monoisotopic (exact) mass is 305 g/mol. The maximum Gasteiger partial charge on any atom is 0.139 e. The second-order valence-corrected chi connectivity index (χ2v) is 6.54. The summed E-state index contributed by atoms with van der Waals surface area (Å²) in [4.78, 5) is 4.54. The number of hydrogen-bond donors (Lipinski definition) is 1. The maximum atomic E-state index is 6.06. The van der Waals surface area contributed by atoms with E-state index in [2.05, 4.69) is 48.6 Å². The average Bonchev–Trinajstić information content (AvgIpc) is 2.95. The van der Waals surface area contributed by atoms with Gasteiger partial charge in [-0.3, -0.25) is 0 Å². The number of nitrogens with one attached hydrogen (secondary N) is 1. The fraction of sp³-hybridized carbons (Fsp3) is 0.722. The largest absolute Gasteiger partial charge is 0.369 e. The molecule has 1 aromatic heterocycles. The van der Waals surface area contributed by atoms with Crippen molar-refractivity contribution < 1.29 is 4.74 Å². The quantitative estimate of drug-likeness (QED) is 0.778. The number of aromatic nitrogens is 2. The predicted molar refractivity (Wildman–Crippen MR) is 90.9 cm³/mol. The van der Waals surface area contributed by atoms with Gasteiger partial charge in [-0.15, -0.1) is 0 Å². The van der Waals surface area contributed by atoms with Crippen molar-refractivity contribution in [2.45, 2.75) is 78.1 Å². The number of rotatable bonds is 7. The zero-order chi connectivity index (χ0) is 15.9. The van der Waals surface area contributed by atoms with Gasteiger partial charge >= 0.3 is 0 Å². The molecule has 2 heterocycles. The molecular formula is C18H31N3O. The van der Waals surface area contributed by atoms with E-state index in [4.69, 9.17) is 4.74 Å². The fourth-order valence-electron chi connectivity index (χ4n) is 3.12. The molecule has 0 unspecified atom stereocenters. The minimum absolute atomic E-state index is 0.0783. The smallest absolute Gasteiger partial charge is 0.139 e. The number of imidazole rings is 1. The van der Waals surface area contributed by atoms with Gasteiger partial charge in [0.25, 0.3) is 0 Å². The SMILES string of the molecule is CCn1ccnc1[C@H]1OCCC[C@@H]1N[C@H](C)CCC=C(C)C. The first kappa shape index (κ1) is 17.2. The van der Waals surface area contributed by atoms with Gasteiger partial charge in [-0.2, -0.15) is 0 Å². The van der Waals surface area contributed by atoms with E-state index in [-0.39, 0.29) is 6.10 Å². The lowest BCUT2D eigenvalue weighted by molar-refractivity contribution is -0.0205. The van der Waals surface area contributed by atoms with E-state index in [1.165, 1.54) is 5.57 Å². The van der Waals surface area contributed by atoms with Gasteiger partial charge in [0, 0.05) is 37.6 Å². The molecule has 124 valence electrons. The third-order valence-corrected chi connectivity index (χ3v) is 4.32. The zero-order valence-electron chi connectivity index (χ0n) is 14.5. The van der Waals surface area contributed by atoms with Crippen LogP contribution in [0.5, 0.6) is 0 Å². The van der Waals surface area contributed by atoms with Gasteiger partial charge in [-0.05, 0) is 53.4 Å².